The zero-order valence-electron chi connectivity index (χ0n) is 11.3. The summed E-state index contributed by atoms with van der Waals surface area (Å²) in [5.74, 6) is -0.218. The van der Waals surface area contributed by atoms with Gasteiger partial charge in [-0.05, 0) is 56.5 Å². The van der Waals surface area contributed by atoms with E-state index < -0.39 is 10.1 Å². The highest BCUT2D eigenvalue weighted by molar-refractivity contribution is 9.11. The van der Waals surface area contributed by atoms with Crippen LogP contribution in [0.15, 0.2) is 26.0 Å². The lowest BCUT2D eigenvalue weighted by Gasteiger charge is -2.07. The fourth-order valence-electron chi connectivity index (χ4n) is 1.81. The smallest absolute Gasteiger partial charge is 0.296 e. The zero-order valence-corrected chi connectivity index (χ0v) is 16.2. The van der Waals surface area contributed by atoms with Gasteiger partial charge in [-0.2, -0.15) is 8.42 Å². The molecule has 0 fully saturated rings. The van der Waals surface area contributed by atoms with Gasteiger partial charge in [-0.25, -0.2) is 4.98 Å². The highest BCUT2D eigenvalue weighted by Gasteiger charge is 2.21. The van der Waals surface area contributed by atoms with Gasteiger partial charge in [0.2, 0.25) is 5.91 Å². The second-order valence-electron chi connectivity index (χ2n) is 4.36. The first-order valence-electron chi connectivity index (χ1n) is 5.81. The fourth-order valence-corrected chi connectivity index (χ4v) is 5.83. The minimum Gasteiger partial charge on any atom is -0.302 e. The molecule has 0 aliphatic rings. The Hall–Kier alpha value is -0.810. The number of carbonyl (C=O) groups excluding carboxylic acids is 1. The van der Waals surface area contributed by atoms with Crippen molar-refractivity contribution in [1.82, 2.24) is 4.98 Å². The number of aryl methyl sites for hydroxylation is 1. The van der Waals surface area contributed by atoms with Gasteiger partial charge < -0.3 is 5.32 Å². The van der Waals surface area contributed by atoms with Crippen LogP contribution in [0.3, 0.4) is 0 Å². The van der Waals surface area contributed by atoms with Gasteiger partial charge in [0.15, 0.2) is 5.13 Å². The Bertz CT molecular complexity index is 839. The SMILES string of the molecule is CC(=O)Nc1nc(C)c(-c2cc(Br)c(S(=O)(=O)O)c(Br)c2)s1. The Balaban J connectivity index is 2.56. The standard InChI is InChI=1S/C12H10Br2N2O4S2/c1-5-10(21-12(15-5)16-6(2)17)7-3-8(13)11(9(14)4-7)22(18,19)20/h3-4H,1-2H3,(H,15,16,17)(H,18,19,20). The van der Waals surface area contributed by atoms with Crippen molar-refractivity contribution in [2.75, 3.05) is 5.32 Å². The van der Waals surface area contributed by atoms with E-state index in [-0.39, 0.29) is 19.7 Å². The summed E-state index contributed by atoms with van der Waals surface area (Å²) in [6, 6.07) is 3.15. The molecule has 0 aliphatic heterocycles. The van der Waals surface area contributed by atoms with Crippen molar-refractivity contribution in [3.8, 4) is 10.4 Å². The molecular formula is C12H10Br2N2O4S2. The first-order chi connectivity index (χ1) is 10.1. The molecule has 0 spiro atoms. The zero-order chi connectivity index (χ0) is 16.7. The molecule has 0 atom stereocenters. The van der Waals surface area contributed by atoms with E-state index in [1.807, 2.05) is 0 Å². The number of benzene rings is 1. The highest BCUT2D eigenvalue weighted by Crippen LogP contribution is 2.39. The second-order valence-corrected chi connectivity index (χ2v) is 8.42. The Labute approximate surface area is 148 Å². The number of aromatic nitrogens is 1. The minimum absolute atomic E-state index is 0.218. The monoisotopic (exact) mass is 468 g/mol. The molecule has 0 unspecified atom stereocenters. The normalized spacial score (nSPS) is 11.5. The molecule has 0 aliphatic carbocycles. The van der Waals surface area contributed by atoms with E-state index in [2.05, 4.69) is 42.2 Å². The van der Waals surface area contributed by atoms with Crippen LogP contribution >= 0.6 is 43.2 Å². The predicted octanol–water partition coefficient (Wildman–Crippen LogP) is 3.85. The summed E-state index contributed by atoms with van der Waals surface area (Å²) in [4.78, 5) is 15.9. The van der Waals surface area contributed by atoms with E-state index in [0.717, 1.165) is 4.88 Å². The Kier molecular flexibility index (Phi) is 5.07. The van der Waals surface area contributed by atoms with E-state index in [9.17, 15) is 17.8 Å². The van der Waals surface area contributed by atoms with Gasteiger partial charge in [-0.15, -0.1) is 0 Å². The number of anilines is 1. The molecule has 22 heavy (non-hydrogen) atoms. The largest absolute Gasteiger partial charge is 0.302 e. The van der Waals surface area contributed by atoms with Gasteiger partial charge >= 0.3 is 0 Å². The van der Waals surface area contributed by atoms with Crippen molar-refractivity contribution in [3.05, 3.63) is 26.8 Å². The minimum atomic E-state index is -4.35. The van der Waals surface area contributed by atoms with Crippen LogP contribution in [0, 0.1) is 6.92 Å². The van der Waals surface area contributed by atoms with Gasteiger partial charge in [0.05, 0.1) is 10.6 Å². The maximum atomic E-state index is 11.4. The number of amides is 1. The van der Waals surface area contributed by atoms with Gasteiger partial charge in [0.1, 0.15) is 4.90 Å². The number of hydrogen-bond donors (Lipinski definition) is 2. The summed E-state index contributed by atoms with van der Waals surface area (Å²) < 4.78 is 32.4. The summed E-state index contributed by atoms with van der Waals surface area (Å²) >= 11 is 7.57. The van der Waals surface area contributed by atoms with E-state index in [0.29, 0.717) is 16.4 Å². The molecule has 0 saturated carbocycles. The van der Waals surface area contributed by atoms with E-state index in [1.54, 1.807) is 19.1 Å². The molecule has 1 heterocycles. The number of thiazole rings is 1. The molecular weight excluding hydrogens is 460 g/mol. The van der Waals surface area contributed by atoms with Gasteiger partial charge in [0, 0.05) is 15.9 Å². The predicted molar refractivity (Wildman–Crippen MR) is 91.8 cm³/mol. The summed E-state index contributed by atoms with van der Waals surface area (Å²) in [7, 11) is -4.35. The van der Waals surface area contributed by atoms with Crippen LogP contribution in [0.4, 0.5) is 5.13 Å². The molecule has 1 aromatic heterocycles. The van der Waals surface area contributed by atoms with Crippen molar-refractivity contribution < 1.29 is 17.8 Å². The average Bonchev–Trinajstić information content (AvgIpc) is 2.66. The lowest BCUT2D eigenvalue weighted by molar-refractivity contribution is -0.114. The van der Waals surface area contributed by atoms with E-state index in [4.69, 9.17) is 0 Å². The number of nitrogens with zero attached hydrogens (tertiary/aromatic N) is 1. The third kappa shape index (κ3) is 3.74. The molecule has 2 N–H and O–H groups in total. The Morgan fingerprint density at radius 1 is 1.32 bits per heavy atom. The molecule has 0 bridgehead atoms. The van der Waals surface area contributed by atoms with Crippen molar-refractivity contribution in [3.63, 3.8) is 0 Å². The number of hydrogen-bond acceptors (Lipinski definition) is 5. The molecule has 0 saturated heterocycles. The van der Waals surface area contributed by atoms with Crippen molar-refractivity contribution in [2.24, 2.45) is 0 Å². The molecule has 10 heteroatoms. The van der Waals surface area contributed by atoms with Crippen molar-refractivity contribution in [1.29, 1.82) is 0 Å². The summed E-state index contributed by atoms with van der Waals surface area (Å²) in [5, 5.41) is 3.07. The van der Waals surface area contributed by atoms with Crippen LogP contribution in [0.5, 0.6) is 0 Å². The van der Waals surface area contributed by atoms with Crippen LogP contribution in [-0.4, -0.2) is 23.9 Å². The van der Waals surface area contributed by atoms with Crippen LogP contribution in [0.25, 0.3) is 10.4 Å². The van der Waals surface area contributed by atoms with Gasteiger partial charge in [0.25, 0.3) is 10.1 Å². The second kappa shape index (κ2) is 6.36. The molecule has 1 amide bonds. The molecule has 6 nitrogen and oxygen atoms in total. The molecule has 1 aromatic carbocycles. The van der Waals surface area contributed by atoms with Crippen LogP contribution < -0.4 is 5.32 Å². The third-order valence-corrected chi connectivity index (χ3v) is 6.45. The van der Waals surface area contributed by atoms with Crippen LogP contribution in [-0.2, 0) is 14.9 Å². The lowest BCUT2D eigenvalue weighted by atomic mass is 10.2. The van der Waals surface area contributed by atoms with Crippen LogP contribution in [0.1, 0.15) is 12.6 Å². The number of rotatable bonds is 3. The fraction of sp³-hybridized carbons (Fsp3) is 0.167. The Morgan fingerprint density at radius 2 is 1.86 bits per heavy atom. The first-order valence-corrected chi connectivity index (χ1v) is 9.65. The summed E-state index contributed by atoms with van der Waals surface area (Å²) in [5.41, 5.74) is 1.41. The molecule has 2 rings (SSSR count). The van der Waals surface area contributed by atoms with Crippen molar-refractivity contribution in [2.45, 2.75) is 18.7 Å². The highest BCUT2D eigenvalue weighted by atomic mass is 79.9. The average molecular weight is 470 g/mol. The van der Waals surface area contributed by atoms with Gasteiger partial charge in [-0.1, -0.05) is 11.3 Å². The van der Waals surface area contributed by atoms with Crippen LogP contribution in [0.2, 0.25) is 0 Å². The Morgan fingerprint density at radius 3 is 2.32 bits per heavy atom. The third-order valence-electron chi connectivity index (χ3n) is 2.60. The molecule has 118 valence electrons. The van der Waals surface area contributed by atoms with E-state index in [1.165, 1.54) is 18.3 Å². The van der Waals surface area contributed by atoms with Crippen molar-refractivity contribution >= 4 is 64.4 Å². The quantitative estimate of drug-likeness (QED) is 0.665. The maximum absolute atomic E-state index is 11.4. The number of carbonyl (C=O) groups is 1. The summed E-state index contributed by atoms with van der Waals surface area (Å²) in [6.45, 7) is 3.18. The maximum Gasteiger partial charge on any atom is 0.296 e. The lowest BCUT2D eigenvalue weighted by Crippen LogP contribution is -2.04. The van der Waals surface area contributed by atoms with Gasteiger partial charge in [-0.3, -0.25) is 9.35 Å². The molecule has 0 radical (unpaired) electrons. The molecule has 2 aromatic rings. The number of halogens is 2. The topological polar surface area (TPSA) is 96.4 Å². The first kappa shape index (κ1) is 17.5. The summed E-state index contributed by atoms with van der Waals surface area (Å²) in [6.07, 6.45) is 0. The van der Waals surface area contributed by atoms with E-state index >= 15 is 0 Å². The number of nitrogens with one attached hydrogen (secondary N) is 1.